The lowest BCUT2D eigenvalue weighted by molar-refractivity contribution is -0.137. The van der Waals surface area contributed by atoms with E-state index in [1.54, 1.807) is 5.06 Å². The topological polar surface area (TPSA) is 38.5 Å². The molecular formula is C16H27F3N2O. The molecule has 1 aliphatic heterocycles. The third kappa shape index (κ3) is 5.85. The van der Waals surface area contributed by atoms with Gasteiger partial charge in [-0.3, -0.25) is 9.90 Å². The van der Waals surface area contributed by atoms with Gasteiger partial charge in [-0.1, -0.05) is 20.8 Å². The molecule has 128 valence electrons. The van der Waals surface area contributed by atoms with Crippen molar-refractivity contribution in [2.75, 3.05) is 18.7 Å². The van der Waals surface area contributed by atoms with Gasteiger partial charge in [-0.15, -0.1) is 0 Å². The van der Waals surface area contributed by atoms with Gasteiger partial charge in [0.1, 0.15) is 0 Å². The lowest BCUT2D eigenvalue weighted by atomic mass is 10.1. The van der Waals surface area contributed by atoms with Crippen LogP contribution in [0, 0.1) is 0 Å². The predicted molar refractivity (Wildman–Crippen MR) is 84.6 cm³/mol. The van der Waals surface area contributed by atoms with Gasteiger partial charge in [0.2, 0.25) is 0 Å². The Kier molecular flexibility index (Phi) is 9.85. The molecule has 1 saturated heterocycles. The van der Waals surface area contributed by atoms with Crippen molar-refractivity contribution in [3.05, 3.63) is 29.8 Å². The molecule has 22 heavy (non-hydrogen) atoms. The number of anilines is 1. The Morgan fingerprint density at radius 2 is 1.73 bits per heavy atom. The highest BCUT2D eigenvalue weighted by atomic mass is 19.4. The minimum Gasteiger partial charge on any atom is -0.333 e. The zero-order chi connectivity index (χ0) is 17.2. The van der Waals surface area contributed by atoms with Crippen LogP contribution in [0.2, 0.25) is 0 Å². The van der Waals surface area contributed by atoms with Gasteiger partial charge in [0.05, 0.1) is 23.9 Å². The van der Waals surface area contributed by atoms with E-state index in [1.807, 2.05) is 13.8 Å². The van der Waals surface area contributed by atoms with E-state index in [-0.39, 0.29) is 6.04 Å². The molecule has 1 unspecified atom stereocenters. The second-order valence-electron chi connectivity index (χ2n) is 4.41. The molecule has 1 fully saturated rings. The minimum atomic E-state index is -4.29. The summed E-state index contributed by atoms with van der Waals surface area (Å²) in [7, 11) is 1.50. The summed E-state index contributed by atoms with van der Waals surface area (Å²) in [5, 5.41) is 1.74. The van der Waals surface area contributed by atoms with Crippen LogP contribution in [0.3, 0.4) is 0 Å². The number of alkyl halides is 3. The zero-order valence-corrected chi connectivity index (χ0v) is 13.8. The van der Waals surface area contributed by atoms with E-state index < -0.39 is 11.7 Å². The zero-order valence-electron chi connectivity index (χ0n) is 13.8. The number of hydroxylamine groups is 1. The largest absolute Gasteiger partial charge is 0.416 e. The fourth-order valence-corrected chi connectivity index (χ4v) is 2.16. The summed E-state index contributed by atoms with van der Waals surface area (Å²) in [4.78, 5) is 5.55. The van der Waals surface area contributed by atoms with Crippen molar-refractivity contribution in [3.63, 3.8) is 0 Å². The smallest absolute Gasteiger partial charge is 0.333 e. The van der Waals surface area contributed by atoms with Gasteiger partial charge in [-0.25, -0.2) is 0 Å². The van der Waals surface area contributed by atoms with Crippen LogP contribution in [0.4, 0.5) is 18.9 Å². The number of nitrogens with zero attached hydrogens (tertiary/aromatic N) is 1. The Balaban J connectivity index is 0.00000102. The molecule has 0 saturated carbocycles. The summed E-state index contributed by atoms with van der Waals surface area (Å²) in [5.41, 5.74) is 4.56. The third-order valence-electron chi connectivity index (χ3n) is 3.16. The Labute approximate surface area is 131 Å². The maximum Gasteiger partial charge on any atom is 0.416 e. The van der Waals surface area contributed by atoms with Gasteiger partial charge < -0.3 is 5.73 Å². The van der Waals surface area contributed by atoms with Gasteiger partial charge in [-0.2, -0.15) is 13.2 Å². The Morgan fingerprint density at radius 3 is 2.18 bits per heavy atom. The lowest BCUT2D eigenvalue weighted by Crippen LogP contribution is -2.39. The first-order chi connectivity index (χ1) is 10.5. The highest BCUT2D eigenvalue weighted by molar-refractivity contribution is 5.47. The van der Waals surface area contributed by atoms with E-state index in [9.17, 15) is 13.2 Å². The molecule has 1 aromatic carbocycles. The van der Waals surface area contributed by atoms with E-state index in [1.165, 1.54) is 19.2 Å². The van der Waals surface area contributed by atoms with Crippen LogP contribution < -0.4 is 10.8 Å². The summed E-state index contributed by atoms with van der Waals surface area (Å²) >= 11 is 0. The molecule has 1 aromatic rings. The van der Waals surface area contributed by atoms with Gasteiger partial charge in [-0.05, 0) is 50.6 Å². The predicted octanol–water partition coefficient (Wildman–Crippen LogP) is 4.62. The van der Waals surface area contributed by atoms with E-state index >= 15 is 0 Å². The van der Waals surface area contributed by atoms with E-state index in [2.05, 4.69) is 12.7 Å². The number of hydrogen-bond acceptors (Lipinski definition) is 3. The second kappa shape index (κ2) is 10.5. The fraction of sp³-hybridized carbons (Fsp3) is 0.625. The average molecular weight is 320 g/mol. The number of halogens is 3. The van der Waals surface area contributed by atoms with Crippen LogP contribution in [-0.4, -0.2) is 19.7 Å². The molecule has 0 amide bonds. The summed E-state index contributed by atoms with van der Waals surface area (Å²) < 4.78 is 37.4. The maximum absolute atomic E-state index is 12.5. The van der Waals surface area contributed by atoms with E-state index in [0.717, 1.165) is 31.4 Å². The number of benzene rings is 1. The number of rotatable bonds is 2. The molecule has 0 aliphatic carbocycles. The van der Waals surface area contributed by atoms with Crippen LogP contribution in [0.15, 0.2) is 24.3 Å². The number of nitrogens with two attached hydrogens (primary N) is 1. The molecule has 2 rings (SSSR count). The van der Waals surface area contributed by atoms with E-state index in [0.29, 0.717) is 12.3 Å². The van der Waals surface area contributed by atoms with Crippen molar-refractivity contribution >= 4 is 5.69 Å². The molecule has 3 nitrogen and oxygen atoms in total. The highest BCUT2D eigenvalue weighted by Gasteiger charge is 2.30. The minimum absolute atomic E-state index is 0.246. The standard InChI is InChI=1S/C13H16F3NO.C2H6.CH5N/c1-2-11-4-3-9-18-17(11)12-7-5-10(6-8-12)13(14,15)16;2*1-2/h5-8,11H,2-4,9H2,1H3;1-2H3;2H2,1H3. The Morgan fingerprint density at radius 1 is 1.18 bits per heavy atom. The van der Waals surface area contributed by atoms with Crippen molar-refractivity contribution in [2.45, 2.75) is 52.3 Å². The summed E-state index contributed by atoms with van der Waals surface area (Å²) in [5.74, 6) is 0. The normalized spacial score (nSPS) is 17.8. The molecule has 1 heterocycles. The van der Waals surface area contributed by atoms with Crippen molar-refractivity contribution in [1.29, 1.82) is 0 Å². The summed E-state index contributed by atoms with van der Waals surface area (Å²) in [6.45, 7) is 6.67. The molecular weight excluding hydrogens is 293 g/mol. The second-order valence-corrected chi connectivity index (χ2v) is 4.41. The maximum atomic E-state index is 12.5. The molecule has 2 N–H and O–H groups in total. The SMILES string of the molecule is CC.CCC1CCCON1c1ccc(C(F)(F)F)cc1.CN. The van der Waals surface area contributed by atoms with Crippen LogP contribution in [0.1, 0.15) is 45.6 Å². The highest BCUT2D eigenvalue weighted by Crippen LogP contribution is 2.32. The molecule has 0 bridgehead atoms. The number of hydrogen-bond donors (Lipinski definition) is 1. The fourth-order valence-electron chi connectivity index (χ4n) is 2.16. The molecule has 0 spiro atoms. The molecule has 6 heteroatoms. The molecule has 0 aromatic heterocycles. The molecule has 1 atom stereocenters. The van der Waals surface area contributed by atoms with Crippen LogP contribution >= 0.6 is 0 Å². The quantitative estimate of drug-likeness (QED) is 0.864. The molecule has 0 radical (unpaired) electrons. The van der Waals surface area contributed by atoms with Gasteiger partial charge >= 0.3 is 6.18 Å². The van der Waals surface area contributed by atoms with Crippen LogP contribution in [0.25, 0.3) is 0 Å². The molecule has 1 aliphatic rings. The summed E-state index contributed by atoms with van der Waals surface area (Å²) in [6.07, 6.45) is -1.36. The van der Waals surface area contributed by atoms with Crippen molar-refractivity contribution in [3.8, 4) is 0 Å². The van der Waals surface area contributed by atoms with Gasteiger partial charge in [0, 0.05) is 0 Å². The van der Waals surface area contributed by atoms with Crippen molar-refractivity contribution < 1.29 is 18.0 Å². The lowest BCUT2D eigenvalue weighted by Gasteiger charge is -2.35. The monoisotopic (exact) mass is 320 g/mol. The third-order valence-corrected chi connectivity index (χ3v) is 3.16. The Hall–Kier alpha value is -1.27. The van der Waals surface area contributed by atoms with Crippen molar-refractivity contribution in [1.82, 2.24) is 0 Å². The van der Waals surface area contributed by atoms with Crippen LogP contribution in [-0.2, 0) is 11.0 Å². The van der Waals surface area contributed by atoms with Crippen LogP contribution in [0.5, 0.6) is 0 Å². The Bertz CT molecular complexity index is 393. The average Bonchev–Trinajstić information content (AvgIpc) is 2.58. The van der Waals surface area contributed by atoms with Crippen molar-refractivity contribution in [2.24, 2.45) is 5.73 Å². The van der Waals surface area contributed by atoms with E-state index in [4.69, 9.17) is 4.84 Å². The first-order valence-electron chi connectivity index (χ1n) is 7.69. The first kappa shape index (κ1) is 20.7. The van der Waals surface area contributed by atoms with Gasteiger partial charge in [0.25, 0.3) is 0 Å². The first-order valence-corrected chi connectivity index (χ1v) is 7.69. The van der Waals surface area contributed by atoms with Gasteiger partial charge in [0.15, 0.2) is 0 Å². The summed E-state index contributed by atoms with van der Waals surface area (Å²) in [6, 6.07) is 5.38.